The van der Waals surface area contributed by atoms with E-state index >= 15 is 0 Å². The number of nitrogen functional groups attached to an aromatic ring is 1. The third-order valence-electron chi connectivity index (χ3n) is 3.59. The molecule has 0 aliphatic carbocycles. The van der Waals surface area contributed by atoms with Crippen molar-refractivity contribution in [1.82, 2.24) is 19.9 Å². The summed E-state index contributed by atoms with van der Waals surface area (Å²) in [6.45, 7) is 0. The summed E-state index contributed by atoms with van der Waals surface area (Å²) >= 11 is 1.48. The van der Waals surface area contributed by atoms with Gasteiger partial charge in [0.25, 0.3) is 0 Å². The van der Waals surface area contributed by atoms with Crippen molar-refractivity contribution in [3.63, 3.8) is 0 Å². The standard InChI is InChI=1S/C18H14N6S/c19-15-17(24-13-6-9-20-10-7-13)22-11-23-18(15)25-14-5-1-3-12-4-2-8-21-16(12)14/h1-11H,19H2,(H,20,22,23,24). The van der Waals surface area contributed by atoms with Gasteiger partial charge in [-0.05, 0) is 24.3 Å². The number of benzene rings is 1. The molecule has 0 spiro atoms. The van der Waals surface area contributed by atoms with Gasteiger partial charge in [-0.25, -0.2) is 9.97 Å². The van der Waals surface area contributed by atoms with Crippen molar-refractivity contribution in [2.75, 3.05) is 11.1 Å². The topological polar surface area (TPSA) is 89.6 Å². The van der Waals surface area contributed by atoms with Gasteiger partial charge in [0, 0.05) is 34.6 Å². The molecule has 0 amide bonds. The molecule has 0 saturated heterocycles. The molecule has 1 aromatic carbocycles. The van der Waals surface area contributed by atoms with Gasteiger partial charge in [0.05, 0.1) is 5.52 Å². The van der Waals surface area contributed by atoms with Gasteiger partial charge in [-0.3, -0.25) is 9.97 Å². The molecule has 0 atom stereocenters. The van der Waals surface area contributed by atoms with Crippen molar-refractivity contribution < 1.29 is 0 Å². The Labute approximate surface area is 148 Å². The molecule has 4 rings (SSSR count). The average Bonchev–Trinajstić information content (AvgIpc) is 2.66. The number of nitrogens with zero attached hydrogens (tertiary/aromatic N) is 4. The van der Waals surface area contributed by atoms with Crippen molar-refractivity contribution in [3.8, 4) is 0 Å². The minimum absolute atomic E-state index is 0.497. The number of nitrogens with one attached hydrogen (secondary N) is 1. The minimum atomic E-state index is 0.497. The van der Waals surface area contributed by atoms with E-state index in [4.69, 9.17) is 5.73 Å². The first-order valence-corrected chi connectivity index (χ1v) is 8.42. The number of para-hydroxylation sites is 1. The Hall–Kier alpha value is -3.19. The molecule has 3 aromatic heterocycles. The summed E-state index contributed by atoms with van der Waals surface area (Å²) in [5.41, 5.74) is 8.57. The molecule has 0 aliphatic heterocycles. The lowest BCUT2D eigenvalue weighted by atomic mass is 10.2. The van der Waals surface area contributed by atoms with Crippen LogP contribution in [0.2, 0.25) is 0 Å². The van der Waals surface area contributed by atoms with Gasteiger partial charge >= 0.3 is 0 Å². The van der Waals surface area contributed by atoms with Gasteiger partial charge in [0.1, 0.15) is 17.0 Å². The Morgan fingerprint density at radius 1 is 0.880 bits per heavy atom. The highest BCUT2D eigenvalue weighted by Gasteiger charge is 2.12. The van der Waals surface area contributed by atoms with Crippen LogP contribution in [-0.4, -0.2) is 19.9 Å². The van der Waals surface area contributed by atoms with Crippen LogP contribution < -0.4 is 11.1 Å². The van der Waals surface area contributed by atoms with E-state index in [0.29, 0.717) is 16.5 Å². The molecule has 6 nitrogen and oxygen atoms in total. The molecule has 122 valence electrons. The summed E-state index contributed by atoms with van der Waals surface area (Å²) in [7, 11) is 0. The second-order valence-corrected chi connectivity index (χ2v) is 6.27. The fraction of sp³-hybridized carbons (Fsp3) is 0. The minimum Gasteiger partial charge on any atom is -0.394 e. The summed E-state index contributed by atoms with van der Waals surface area (Å²) in [5, 5.41) is 4.95. The van der Waals surface area contributed by atoms with Crippen molar-refractivity contribution in [2.45, 2.75) is 9.92 Å². The van der Waals surface area contributed by atoms with E-state index in [0.717, 1.165) is 21.5 Å². The molecule has 0 radical (unpaired) electrons. The molecular formula is C18H14N6S. The molecule has 25 heavy (non-hydrogen) atoms. The van der Waals surface area contributed by atoms with Gasteiger partial charge in [0.15, 0.2) is 5.82 Å². The van der Waals surface area contributed by atoms with E-state index < -0.39 is 0 Å². The molecule has 0 unspecified atom stereocenters. The van der Waals surface area contributed by atoms with Crippen LogP contribution >= 0.6 is 11.8 Å². The first-order chi connectivity index (χ1) is 12.3. The van der Waals surface area contributed by atoms with Crippen LogP contribution in [0.25, 0.3) is 10.9 Å². The van der Waals surface area contributed by atoms with Gasteiger partial charge in [-0.2, -0.15) is 0 Å². The zero-order valence-electron chi connectivity index (χ0n) is 13.1. The van der Waals surface area contributed by atoms with E-state index in [2.05, 4.69) is 25.3 Å². The number of fused-ring (bicyclic) bond motifs is 1. The number of rotatable bonds is 4. The molecular weight excluding hydrogens is 332 g/mol. The van der Waals surface area contributed by atoms with Crippen molar-refractivity contribution >= 4 is 39.9 Å². The van der Waals surface area contributed by atoms with Crippen molar-refractivity contribution in [1.29, 1.82) is 0 Å². The fourth-order valence-corrected chi connectivity index (χ4v) is 3.32. The lowest BCUT2D eigenvalue weighted by Gasteiger charge is -2.11. The van der Waals surface area contributed by atoms with Crippen LogP contribution in [0.1, 0.15) is 0 Å². The van der Waals surface area contributed by atoms with Gasteiger partial charge in [0.2, 0.25) is 0 Å². The van der Waals surface area contributed by atoms with Crippen molar-refractivity contribution in [3.05, 3.63) is 67.4 Å². The van der Waals surface area contributed by atoms with E-state index in [9.17, 15) is 0 Å². The predicted molar refractivity (Wildman–Crippen MR) is 99.8 cm³/mol. The van der Waals surface area contributed by atoms with Crippen LogP contribution in [-0.2, 0) is 0 Å². The SMILES string of the molecule is Nc1c(Nc2ccncc2)ncnc1Sc1cccc2cccnc12. The highest BCUT2D eigenvalue weighted by molar-refractivity contribution is 7.99. The Morgan fingerprint density at radius 3 is 2.60 bits per heavy atom. The van der Waals surface area contributed by atoms with Crippen LogP contribution in [0.4, 0.5) is 17.2 Å². The smallest absolute Gasteiger partial charge is 0.158 e. The lowest BCUT2D eigenvalue weighted by molar-refractivity contribution is 1.06. The highest BCUT2D eigenvalue weighted by Crippen LogP contribution is 2.36. The largest absolute Gasteiger partial charge is 0.394 e. The maximum atomic E-state index is 6.28. The third kappa shape index (κ3) is 3.22. The fourth-order valence-electron chi connectivity index (χ4n) is 2.40. The molecule has 7 heteroatoms. The van der Waals surface area contributed by atoms with E-state index in [1.807, 2.05) is 42.5 Å². The molecule has 3 N–H and O–H groups in total. The first kappa shape index (κ1) is 15.3. The number of nitrogens with two attached hydrogens (primary N) is 1. The number of hydrogen-bond acceptors (Lipinski definition) is 7. The summed E-state index contributed by atoms with van der Waals surface area (Å²) in [6, 6.07) is 13.7. The number of aromatic nitrogens is 4. The van der Waals surface area contributed by atoms with Crippen LogP contribution in [0.15, 0.2) is 77.3 Å². The lowest BCUT2D eigenvalue weighted by Crippen LogP contribution is -2.02. The summed E-state index contributed by atoms with van der Waals surface area (Å²) in [4.78, 5) is 18.0. The first-order valence-electron chi connectivity index (χ1n) is 7.60. The monoisotopic (exact) mass is 346 g/mol. The molecule has 0 saturated carbocycles. The summed E-state index contributed by atoms with van der Waals surface area (Å²) in [5.74, 6) is 0.567. The summed E-state index contributed by atoms with van der Waals surface area (Å²) in [6.07, 6.45) is 6.70. The summed E-state index contributed by atoms with van der Waals surface area (Å²) < 4.78 is 0. The zero-order valence-corrected chi connectivity index (χ0v) is 13.9. The van der Waals surface area contributed by atoms with E-state index in [-0.39, 0.29) is 0 Å². The molecule has 0 bridgehead atoms. The Balaban J connectivity index is 1.68. The quantitative estimate of drug-likeness (QED) is 0.542. The van der Waals surface area contributed by atoms with Gasteiger partial charge in [-0.15, -0.1) is 0 Å². The average molecular weight is 346 g/mol. The highest BCUT2D eigenvalue weighted by atomic mass is 32.2. The normalized spacial score (nSPS) is 10.7. The van der Waals surface area contributed by atoms with Crippen LogP contribution in [0.3, 0.4) is 0 Å². The van der Waals surface area contributed by atoms with Crippen LogP contribution in [0, 0.1) is 0 Å². The number of anilines is 3. The van der Waals surface area contributed by atoms with Crippen molar-refractivity contribution in [2.24, 2.45) is 0 Å². The van der Waals surface area contributed by atoms with Gasteiger partial charge < -0.3 is 11.1 Å². The second-order valence-electron chi connectivity index (χ2n) is 5.24. The Bertz CT molecular complexity index is 1020. The predicted octanol–water partition coefficient (Wildman–Crippen LogP) is 3.90. The molecule has 0 fully saturated rings. The Kier molecular flexibility index (Phi) is 4.14. The number of pyridine rings is 2. The zero-order chi connectivity index (χ0) is 17.1. The molecule has 4 aromatic rings. The van der Waals surface area contributed by atoms with E-state index in [1.54, 1.807) is 18.6 Å². The van der Waals surface area contributed by atoms with Gasteiger partial charge in [-0.1, -0.05) is 30.0 Å². The van der Waals surface area contributed by atoms with Crippen LogP contribution in [0.5, 0.6) is 0 Å². The molecule has 0 aliphatic rings. The maximum Gasteiger partial charge on any atom is 0.158 e. The Morgan fingerprint density at radius 2 is 1.72 bits per heavy atom. The third-order valence-corrected chi connectivity index (χ3v) is 4.66. The number of hydrogen-bond donors (Lipinski definition) is 2. The molecule has 3 heterocycles. The second kappa shape index (κ2) is 6.74. The maximum absolute atomic E-state index is 6.28. The van der Waals surface area contributed by atoms with E-state index in [1.165, 1.54) is 18.1 Å².